The first kappa shape index (κ1) is 23.0. The number of amides is 1. The minimum Gasteiger partial charge on any atom is -0.385 e. The minimum absolute atomic E-state index is 0.210. The molecule has 2 aliphatic rings. The van der Waals surface area contributed by atoms with Crippen molar-refractivity contribution < 1.29 is 31.5 Å². The van der Waals surface area contributed by atoms with Crippen molar-refractivity contribution >= 4 is 44.2 Å². The van der Waals surface area contributed by atoms with E-state index in [0.29, 0.717) is 0 Å². The molecule has 12 heteroatoms. The Kier molecular flexibility index (Phi) is 6.24. The lowest BCUT2D eigenvalue weighted by atomic mass is 9.93. The standard InChI is InChI=1S/C18H19F3IN3O4S/c1-30(28,29)23-8-17(27)9-25(10-17)16(26)11-5-6-12(19)14(20)15(11)24-13-4-2-3-7-18(13,21)22/h2-7,13,23-24,27H,8-10H2,1H3. The van der Waals surface area contributed by atoms with Gasteiger partial charge in [0.25, 0.3) is 5.91 Å². The summed E-state index contributed by atoms with van der Waals surface area (Å²) >= 11 is 1.51. The molecule has 1 amide bonds. The predicted octanol–water partition coefficient (Wildman–Crippen LogP) is 1.71. The van der Waals surface area contributed by atoms with Gasteiger partial charge in [-0.25, -0.2) is 26.3 Å². The van der Waals surface area contributed by atoms with Gasteiger partial charge >= 0.3 is 0 Å². The number of allylic oxidation sites excluding steroid dienone is 2. The molecule has 164 valence electrons. The van der Waals surface area contributed by atoms with Crippen molar-refractivity contribution in [2.45, 2.75) is 15.3 Å². The SMILES string of the molecule is CS(=O)(=O)NCC1(O)CN(C(=O)c2ccc(F)c(F)c2NC2C=CC=CC2(F)I)C1. The molecule has 1 fully saturated rings. The van der Waals surface area contributed by atoms with Crippen LogP contribution in [0, 0.1) is 11.6 Å². The van der Waals surface area contributed by atoms with Crippen LogP contribution in [0.25, 0.3) is 0 Å². The number of carbonyl (C=O) groups is 1. The fraction of sp³-hybridized carbons (Fsp3) is 0.389. The van der Waals surface area contributed by atoms with Gasteiger partial charge in [0.05, 0.1) is 36.6 Å². The number of halogens is 4. The van der Waals surface area contributed by atoms with Crippen molar-refractivity contribution in [3.63, 3.8) is 0 Å². The van der Waals surface area contributed by atoms with Crippen LogP contribution in [0.4, 0.5) is 18.9 Å². The van der Waals surface area contributed by atoms with Crippen LogP contribution >= 0.6 is 22.6 Å². The summed E-state index contributed by atoms with van der Waals surface area (Å²) < 4.78 is 65.6. The highest BCUT2D eigenvalue weighted by atomic mass is 127. The van der Waals surface area contributed by atoms with E-state index in [2.05, 4.69) is 10.0 Å². The molecule has 1 saturated heterocycles. The molecule has 0 spiro atoms. The molecule has 1 aliphatic heterocycles. The zero-order valence-corrected chi connectivity index (χ0v) is 18.7. The van der Waals surface area contributed by atoms with E-state index in [1.54, 1.807) is 0 Å². The Hall–Kier alpha value is -1.64. The predicted molar refractivity (Wildman–Crippen MR) is 114 cm³/mol. The first-order valence-electron chi connectivity index (χ1n) is 8.76. The maximum atomic E-state index is 14.7. The number of sulfonamides is 1. The summed E-state index contributed by atoms with van der Waals surface area (Å²) in [5, 5.41) is 12.9. The van der Waals surface area contributed by atoms with E-state index in [-0.39, 0.29) is 25.2 Å². The molecular formula is C18H19F3IN3O4S. The maximum Gasteiger partial charge on any atom is 0.256 e. The first-order valence-corrected chi connectivity index (χ1v) is 11.7. The normalized spacial score (nSPS) is 25.1. The Morgan fingerprint density at radius 2 is 2.00 bits per heavy atom. The lowest BCUT2D eigenvalue weighted by Gasteiger charge is -2.46. The fourth-order valence-corrected chi connectivity index (χ4v) is 4.22. The number of nitrogens with one attached hydrogen (secondary N) is 2. The molecule has 1 heterocycles. The monoisotopic (exact) mass is 557 g/mol. The average Bonchev–Trinajstić information content (AvgIpc) is 2.62. The van der Waals surface area contributed by atoms with Gasteiger partial charge in [-0.05, 0) is 40.8 Å². The van der Waals surface area contributed by atoms with Crippen molar-refractivity contribution in [1.82, 2.24) is 9.62 Å². The molecule has 0 saturated carbocycles. The van der Waals surface area contributed by atoms with Gasteiger partial charge in [-0.15, -0.1) is 0 Å². The second-order valence-corrected chi connectivity index (χ2v) is 10.8. The summed E-state index contributed by atoms with van der Waals surface area (Å²) in [6, 6.07) is 0.803. The van der Waals surface area contributed by atoms with Crippen molar-refractivity contribution in [3.05, 3.63) is 53.6 Å². The van der Waals surface area contributed by atoms with Crippen molar-refractivity contribution in [2.75, 3.05) is 31.2 Å². The number of carbonyl (C=O) groups excluding carboxylic acids is 1. The van der Waals surface area contributed by atoms with E-state index in [0.717, 1.165) is 23.3 Å². The quantitative estimate of drug-likeness (QED) is 0.366. The third-order valence-corrected chi connectivity index (χ3v) is 6.39. The number of benzene rings is 1. The van der Waals surface area contributed by atoms with Crippen molar-refractivity contribution in [3.8, 4) is 0 Å². The van der Waals surface area contributed by atoms with Gasteiger partial charge in [-0.2, -0.15) is 0 Å². The largest absolute Gasteiger partial charge is 0.385 e. The highest BCUT2D eigenvalue weighted by Crippen LogP contribution is 2.35. The van der Waals surface area contributed by atoms with E-state index < -0.39 is 48.6 Å². The van der Waals surface area contributed by atoms with Crippen LogP contribution in [0.5, 0.6) is 0 Å². The minimum atomic E-state index is -3.53. The molecule has 0 radical (unpaired) electrons. The topological polar surface area (TPSA) is 98.7 Å². The number of β-amino-alcohol motifs (C(OH)–C–C–N with tert-alkyl or cyclic N) is 1. The van der Waals surface area contributed by atoms with E-state index >= 15 is 0 Å². The van der Waals surface area contributed by atoms with Crippen LogP contribution in [-0.2, 0) is 10.0 Å². The molecule has 2 unspecified atom stereocenters. The molecule has 1 aromatic carbocycles. The van der Waals surface area contributed by atoms with E-state index in [9.17, 15) is 31.5 Å². The van der Waals surface area contributed by atoms with Crippen LogP contribution in [0.1, 0.15) is 10.4 Å². The highest BCUT2D eigenvalue weighted by molar-refractivity contribution is 14.1. The Morgan fingerprint density at radius 3 is 2.60 bits per heavy atom. The number of alkyl halides is 2. The van der Waals surface area contributed by atoms with Gasteiger partial charge in [0.2, 0.25) is 13.7 Å². The fourth-order valence-electron chi connectivity index (χ4n) is 3.12. The number of hydrogen-bond acceptors (Lipinski definition) is 5. The summed E-state index contributed by atoms with van der Waals surface area (Å²) in [5.41, 5.74) is -2.20. The number of nitrogens with zero attached hydrogens (tertiary/aromatic N) is 1. The maximum absolute atomic E-state index is 14.7. The number of anilines is 1. The second kappa shape index (κ2) is 8.13. The third kappa shape index (κ3) is 4.98. The zero-order valence-electron chi connectivity index (χ0n) is 15.7. The number of aliphatic hydroxyl groups is 1. The van der Waals surface area contributed by atoms with E-state index in [4.69, 9.17) is 0 Å². The Balaban J connectivity index is 1.80. The Bertz CT molecular complexity index is 1020. The summed E-state index contributed by atoms with van der Waals surface area (Å²) in [7, 11) is -3.53. The van der Waals surface area contributed by atoms with E-state index in [1.165, 1.54) is 46.9 Å². The summed E-state index contributed by atoms with van der Waals surface area (Å²) in [6.45, 7) is -0.715. The molecule has 1 aromatic rings. The van der Waals surface area contributed by atoms with Gasteiger partial charge in [0, 0.05) is 6.54 Å². The number of rotatable bonds is 6. The molecular weight excluding hydrogens is 538 g/mol. The van der Waals surface area contributed by atoms with Crippen molar-refractivity contribution in [2.24, 2.45) is 0 Å². The number of likely N-dealkylation sites (tertiary alicyclic amines) is 1. The van der Waals surface area contributed by atoms with Crippen LogP contribution < -0.4 is 10.0 Å². The summed E-state index contributed by atoms with van der Waals surface area (Å²) in [5.74, 6) is -3.25. The van der Waals surface area contributed by atoms with Gasteiger partial charge in [-0.3, -0.25) is 4.79 Å². The van der Waals surface area contributed by atoms with Crippen molar-refractivity contribution in [1.29, 1.82) is 0 Å². The second-order valence-electron chi connectivity index (χ2n) is 7.30. The van der Waals surface area contributed by atoms with Gasteiger partial charge in [-0.1, -0.05) is 18.2 Å². The molecule has 2 atom stereocenters. The van der Waals surface area contributed by atoms with E-state index in [1.807, 2.05) is 0 Å². The van der Waals surface area contributed by atoms with Crippen LogP contribution in [0.3, 0.4) is 0 Å². The molecule has 0 aromatic heterocycles. The summed E-state index contributed by atoms with van der Waals surface area (Å²) in [6.07, 6.45) is 6.61. The average molecular weight is 557 g/mol. The Morgan fingerprint density at radius 1 is 1.33 bits per heavy atom. The molecule has 7 nitrogen and oxygen atoms in total. The van der Waals surface area contributed by atoms with Crippen LogP contribution in [0.15, 0.2) is 36.4 Å². The molecule has 30 heavy (non-hydrogen) atoms. The Labute approximate surface area is 185 Å². The highest BCUT2D eigenvalue weighted by Gasteiger charge is 2.45. The lowest BCUT2D eigenvalue weighted by molar-refractivity contribution is -0.0756. The van der Waals surface area contributed by atoms with Gasteiger partial charge in [0.15, 0.2) is 11.6 Å². The van der Waals surface area contributed by atoms with Crippen LogP contribution in [-0.4, -0.2) is 65.5 Å². The number of hydrogen-bond donors (Lipinski definition) is 3. The van der Waals surface area contributed by atoms with Crippen LogP contribution in [0.2, 0.25) is 0 Å². The smallest absolute Gasteiger partial charge is 0.256 e. The van der Waals surface area contributed by atoms with Gasteiger partial charge < -0.3 is 15.3 Å². The lowest BCUT2D eigenvalue weighted by Crippen LogP contribution is -2.67. The first-order chi connectivity index (χ1) is 13.8. The third-order valence-electron chi connectivity index (χ3n) is 4.69. The molecule has 3 N–H and O–H groups in total. The van der Waals surface area contributed by atoms with Gasteiger partial charge in [0.1, 0.15) is 5.60 Å². The molecule has 0 bridgehead atoms. The zero-order chi connectivity index (χ0) is 22.3. The summed E-state index contributed by atoms with van der Waals surface area (Å²) in [4.78, 5) is 14.0. The molecule has 3 rings (SSSR count). The molecule has 1 aliphatic carbocycles.